The number of hydrogen-bond donors (Lipinski definition) is 1. The van der Waals surface area contributed by atoms with Gasteiger partial charge in [0.05, 0.1) is 16.4 Å². The van der Waals surface area contributed by atoms with Gasteiger partial charge in [-0.25, -0.2) is 0 Å². The molecule has 112 valence electrons. The summed E-state index contributed by atoms with van der Waals surface area (Å²) in [7, 11) is 1.86. The molecule has 0 atom stereocenters. The third-order valence-electron chi connectivity index (χ3n) is 4.52. The number of nitrogens with zero attached hydrogens (tertiary/aromatic N) is 2. The third-order valence-corrected chi connectivity index (χ3v) is 4.52. The average Bonchev–Trinajstić information content (AvgIpc) is 3.15. The molecule has 5 nitrogen and oxygen atoms in total. The number of aromatic nitrogens is 2. The van der Waals surface area contributed by atoms with Crippen LogP contribution in [0.25, 0.3) is 21.8 Å². The molecule has 1 N–H and O–H groups in total. The summed E-state index contributed by atoms with van der Waals surface area (Å²) >= 11 is 0. The van der Waals surface area contributed by atoms with Crippen molar-refractivity contribution in [1.82, 2.24) is 14.5 Å². The highest BCUT2D eigenvalue weighted by atomic mass is 16.2. The number of hydrogen-bond acceptors (Lipinski definition) is 2. The van der Waals surface area contributed by atoms with E-state index in [9.17, 15) is 9.59 Å². The van der Waals surface area contributed by atoms with Crippen LogP contribution in [-0.4, -0.2) is 33.4 Å². The minimum absolute atomic E-state index is 0.0136. The molecule has 1 aliphatic heterocycles. The summed E-state index contributed by atoms with van der Waals surface area (Å²) in [6, 6.07) is 9.41. The lowest BCUT2D eigenvalue weighted by atomic mass is 10.1. The maximum Gasteiger partial charge on any atom is 0.270 e. The molecule has 2 aromatic heterocycles. The van der Waals surface area contributed by atoms with Gasteiger partial charge in [0.25, 0.3) is 11.5 Å². The second-order valence-corrected chi connectivity index (χ2v) is 5.85. The summed E-state index contributed by atoms with van der Waals surface area (Å²) in [5.74, 6) is 0.0136. The van der Waals surface area contributed by atoms with Crippen LogP contribution in [0.3, 0.4) is 0 Å². The summed E-state index contributed by atoms with van der Waals surface area (Å²) in [4.78, 5) is 29.7. The molecule has 0 radical (unpaired) electrons. The number of aryl methyl sites for hydroxylation is 1. The van der Waals surface area contributed by atoms with E-state index in [1.54, 1.807) is 6.07 Å². The normalized spacial score (nSPS) is 15.0. The molecule has 3 aromatic rings. The van der Waals surface area contributed by atoms with E-state index < -0.39 is 0 Å². The van der Waals surface area contributed by atoms with Gasteiger partial charge >= 0.3 is 0 Å². The highest BCUT2D eigenvalue weighted by Crippen LogP contribution is 2.25. The largest absolute Gasteiger partial charge is 0.339 e. The van der Waals surface area contributed by atoms with Crippen LogP contribution in [-0.2, 0) is 7.05 Å². The smallest absolute Gasteiger partial charge is 0.270 e. The van der Waals surface area contributed by atoms with Crippen LogP contribution in [0.15, 0.2) is 35.1 Å². The Morgan fingerprint density at radius 2 is 1.86 bits per heavy atom. The Balaban J connectivity index is 2.00. The zero-order valence-corrected chi connectivity index (χ0v) is 12.4. The van der Waals surface area contributed by atoms with Crippen LogP contribution < -0.4 is 5.56 Å². The van der Waals surface area contributed by atoms with Crippen LogP contribution in [0.1, 0.15) is 23.3 Å². The fourth-order valence-electron chi connectivity index (χ4n) is 3.38. The summed E-state index contributed by atoms with van der Waals surface area (Å²) in [6.07, 6.45) is 2.11. The number of nitrogens with one attached hydrogen (secondary N) is 1. The zero-order chi connectivity index (χ0) is 15.3. The number of aromatic amines is 1. The Morgan fingerprint density at radius 1 is 1.14 bits per heavy atom. The molecule has 1 saturated heterocycles. The molecule has 0 unspecified atom stereocenters. The monoisotopic (exact) mass is 295 g/mol. The van der Waals surface area contributed by atoms with Gasteiger partial charge in [-0.2, -0.15) is 0 Å². The lowest BCUT2D eigenvalue weighted by Crippen LogP contribution is -2.29. The first-order valence-electron chi connectivity index (χ1n) is 7.56. The number of para-hydroxylation sites is 1. The van der Waals surface area contributed by atoms with Crippen molar-refractivity contribution < 1.29 is 4.79 Å². The molecule has 4 rings (SSSR count). The summed E-state index contributed by atoms with van der Waals surface area (Å²) in [5.41, 5.74) is 2.05. The molecule has 0 bridgehead atoms. The number of fused-ring (bicyclic) bond motifs is 3. The standard InChI is InChI=1S/C17H17N3O2/c1-19-14(17(22)20-8-4-5-9-20)10-12-15(19)11-6-2-3-7-13(11)18-16(12)21/h2-3,6-7,10H,4-5,8-9H2,1H3,(H,18,21). The van der Waals surface area contributed by atoms with Crippen molar-refractivity contribution in [3.63, 3.8) is 0 Å². The molecular weight excluding hydrogens is 278 g/mol. The average molecular weight is 295 g/mol. The van der Waals surface area contributed by atoms with E-state index in [0.29, 0.717) is 11.1 Å². The van der Waals surface area contributed by atoms with Gasteiger partial charge in [0.1, 0.15) is 5.69 Å². The highest BCUT2D eigenvalue weighted by Gasteiger charge is 2.24. The van der Waals surface area contributed by atoms with Gasteiger partial charge in [-0.05, 0) is 25.0 Å². The predicted molar refractivity (Wildman–Crippen MR) is 86.2 cm³/mol. The lowest BCUT2D eigenvalue weighted by Gasteiger charge is -2.15. The topological polar surface area (TPSA) is 58.1 Å². The lowest BCUT2D eigenvalue weighted by molar-refractivity contribution is 0.0784. The van der Waals surface area contributed by atoms with Crippen LogP contribution >= 0.6 is 0 Å². The van der Waals surface area contributed by atoms with Crippen molar-refractivity contribution >= 4 is 27.7 Å². The van der Waals surface area contributed by atoms with E-state index in [4.69, 9.17) is 0 Å². The maximum atomic E-state index is 12.7. The maximum absolute atomic E-state index is 12.7. The minimum Gasteiger partial charge on any atom is -0.339 e. The molecule has 5 heteroatoms. The van der Waals surface area contributed by atoms with Crippen LogP contribution in [0.2, 0.25) is 0 Å². The van der Waals surface area contributed by atoms with E-state index in [1.165, 1.54) is 0 Å². The van der Waals surface area contributed by atoms with Crippen molar-refractivity contribution in [3.8, 4) is 0 Å². The number of carbonyl (C=O) groups excluding carboxylic acids is 1. The van der Waals surface area contributed by atoms with Gasteiger partial charge in [0.15, 0.2) is 0 Å². The first kappa shape index (κ1) is 13.1. The Labute approximate surface area is 127 Å². The zero-order valence-electron chi connectivity index (χ0n) is 12.4. The van der Waals surface area contributed by atoms with E-state index >= 15 is 0 Å². The molecule has 1 amide bonds. The van der Waals surface area contributed by atoms with Crippen molar-refractivity contribution in [3.05, 3.63) is 46.4 Å². The van der Waals surface area contributed by atoms with E-state index in [0.717, 1.165) is 42.4 Å². The van der Waals surface area contributed by atoms with Crippen LogP contribution in [0, 0.1) is 0 Å². The summed E-state index contributed by atoms with van der Waals surface area (Å²) < 4.78 is 1.85. The van der Waals surface area contributed by atoms with E-state index in [1.807, 2.05) is 40.8 Å². The van der Waals surface area contributed by atoms with Gasteiger partial charge in [-0.15, -0.1) is 0 Å². The van der Waals surface area contributed by atoms with Gasteiger partial charge in [-0.1, -0.05) is 18.2 Å². The molecule has 22 heavy (non-hydrogen) atoms. The molecule has 0 saturated carbocycles. The molecule has 3 heterocycles. The molecule has 1 aliphatic rings. The van der Waals surface area contributed by atoms with Crippen LogP contribution in [0.4, 0.5) is 0 Å². The number of benzene rings is 1. The summed E-state index contributed by atoms with van der Waals surface area (Å²) in [6.45, 7) is 1.61. The second-order valence-electron chi connectivity index (χ2n) is 5.85. The highest BCUT2D eigenvalue weighted by molar-refractivity contribution is 6.07. The van der Waals surface area contributed by atoms with Gasteiger partial charge < -0.3 is 14.5 Å². The van der Waals surface area contributed by atoms with Crippen molar-refractivity contribution in [2.75, 3.05) is 13.1 Å². The third kappa shape index (κ3) is 1.78. The van der Waals surface area contributed by atoms with E-state index in [-0.39, 0.29) is 11.5 Å². The molecular formula is C17H17N3O2. The van der Waals surface area contributed by atoms with Gasteiger partial charge in [0.2, 0.25) is 0 Å². The quantitative estimate of drug-likeness (QED) is 0.748. The Bertz CT molecular complexity index is 946. The molecule has 1 fully saturated rings. The Kier molecular flexibility index (Phi) is 2.82. The SMILES string of the molecule is Cn1c(C(=O)N2CCCC2)cc2c(=O)[nH]c3ccccc3c21. The number of amides is 1. The molecule has 0 spiro atoms. The number of carbonyl (C=O) groups is 1. The Morgan fingerprint density at radius 3 is 2.64 bits per heavy atom. The van der Waals surface area contributed by atoms with Crippen molar-refractivity contribution in [2.45, 2.75) is 12.8 Å². The number of likely N-dealkylation sites (tertiary alicyclic amines) is 1. The first-order valence-corrected chi connectivity index (χ1v) is 7.56. The van der Waals surface area contributed by atoms with Gasteiger partial charge in [0, 0.05) is 25.5 Å². The fourth-order valence-corrected chi connectivity index (χ4v) is 3.38. The molecule has 0 aliphatic carbocycles. The fraction of sp³-hybridized carbons (Fsp3) is 0.294. The first-order chi connectivity index (χ1) is 10.7. The number of H-pyrrole nitrogens is 1. The second kappa shape index (κ2) is 4.73. The summed E-state index contributed by atoms with van der Waals surface area (Å²) in [5, 5.41) is 1.53. The number of rotatable bonds is 1. The predicted octanol–water partition coefficient (Wildman–Crippen LogP) is 2.26. The number of pyridine rings is 1. The van der Waals surface area contributed by atoms with E-state index in [2.05, 4.69) is 4.98 Å². The Hall–Kier alpha value is -2.56. The minimum atomic E-state index is -0.148. The van der Waals surface area contributed by atoms with Crippen molar-refractivity contribution in [1.29, 1.82) is 0 Å². The molecule has 1 aromatic carbocycles. The van der Waals surface area contributed by atoms with Crippen LogP contribution in [0.5, 0.6) is 0 Å². The van der Waals surface area contributed by atoms with Crippen molar-refractivity contribution in [2.24, 2.45) is 7.05 Å². The van der Waals surface area contributed by atoms with Gasteiger partial charge in [-0.3, -0.25) is 9.59 Å².